The maximum Gasteiger partial charge on any atom is 0.257 e. The van der Waals surface area contributed by atoms with E-state index in [9.17, 15) is 14.7 Å². The Morgan fingerprint density at radius 3 is 2.30 bits per heavy atom. The average molecular weight is 271 g/mol. The highest BCUT2D eigenvalue weighted by molar-refractivity contribution is 6.08. The molecule has 0 aliphatic rings. The third-order valence-electron chi connectivity index (χ3n) is 2.71. The Labute approximate surface area is 115 Å². The molecule has 0 radical (unpaired) electrons. The molecule has 0 atom stereocenters. The van der Waals surface area contributed by atoms with Gasteiger partial charge in [0, 0.05) is 16.9 Å². The van der Waals surface area contributed by atoms with Crippen LogP contribution in [0, 0.1) is 0 Å². The molecule has 6 nitrogen and oxygen atoms in total. The van der Waals surface area contributed by atoms with Crippen molar-refractivity contribution >= 4 is 23.2 Å². The van der Waals surface area contributed by atoms with Gasteiger partial charge in [0.2, 0.25) is 5.91 Å². The molecule has 2 aromatic rings. The van der Waals surface area contributed by atoms with Crippen molar-refractivity contribution in [1.82, 2.24) is 0 Å². The number of anilines is 2. The average Bonchev–Trinajstić information content (AvgIpc) is 2.42. The first-order valence-corrected chi connectivity index (χ1v) is 5.77. The van der Waals surface area contributed by atoms with Crippen LogP contribution in [0.25, 0.3) is 0 Å². The lowest BCUT2D eigenvalue weighted by Crippen LogP contribution is -2.14. The summed E-state index contributed by atoms with van der Waals surface area (Å²) in [5.41, 5.74) is 12.1. The summed E-state index contributed by atoms with van der Waals surface area (Å²) in [5, 5.41) is 12.0. The number of nitrogens with two attached hydrogens (primary N) is 2. The monoisotopic (exact) mass is 271 g/mol. The molecule has 0 spiro atoms. The number of carbonyl (C=O) groups is 2. The number of nitrogen functional groups attached to an aromatic ring is 1. The van der Waals surface area contributed by atoms with Crippen molar-refractivity contribution in [3.05, 3.63) is 53.6 Å². The van der Waals surface area contributed by atoms with Crippen LogP contribution in [0.1, 0.15) is 20.7 Å². The van der Waals surface area contributed by atoms with Gasteiger partial charge in [0.15, 0.2) is 0 Å². The Morgan fingerprint density at radius 2 is 1.70 bits per heavy atom. The summed E-state index contributed by atoms with van der Waals surface area (Å²) in [5.74, 6) is -1.04. The van der Waals surface area contributed by atoms with Crippen LogP contribution in [-0.4, -0.2) is 16.9 Å². The fourth-order valence-corrected chi connectivity index (χ4v) is 1.66. The van der Waals surface area contributed by atoms with Crippen LogP contribution in [0.2, 0.25) is 0 Å². The van der Waals surface area contributed by atoms with Crippen molar-refractivity contribution in [2.45, 2.75) is 0 Å². The van der Waals surface area contributed by atoms with Crippen LogP contribution in [0.4, 0.5) is 11.4 Å². The predicted molar refractivity (Wildman–Crippen MR) is 75.4 cm³/mol. The van der Waals surface area contributed by atoms with E-state index in [0.717, 1.165) is 0 Å². The summed E-state index contributed by atoms with van der Waals surface area (Å²) in [6, 6.07) is 10.2. The van der Waals surface area contributed by atoms with E-state index in [0.29, 0.717) is 11.3 Å². The second kappa shape index (κ2) is 5.31. The zero-order valence-corrected chi connectivity index (χ0v) is 10.5. The molecule has 20 heavy (non-hydrogen) atoms. The molecule has 6 heteroatoms. The molecule has 0 aliphatic carbocycles. The van der Waals surface area contributed by atoms with E-state index in [1.807, 2.05) is 0 Å². The molecule has 0 saturated carbocycles. The van der Waals surface area contributed by atoms with Crippen LogP contribution >= 0.6 is 0 Å². The number of amides is 2. The van der Waals surface area contributed by atoms with Crippen LogP contribution in [0.5, 0.6) is 5.75 Å². The Kier molecular flexibility index (Phi) is 3.56. The second-order valence-corrected chi connectivity index (χ2v) is 4.17. The summed E-state index contributed by atoms with van der Waals surface area (Å²) in [6.07, 6.45) is 0. The fraction of sp³-hybridized carbons (Fsp3) is 0. The third-order valence-corrected chi connectivity index (χ3v) is 2.71. The zero-order chi connectivity index (χ0) is 14.7. The summed E-state index contributed by atoms with van der Waals surface area (Å²) in [4.78, 5) is 22.9. The van der Waals surface area contributed by atoms with E-state index in [-0.39, 0.29) is 17.0 Å². The summed E-state index contributed by atoms with van der Waals surface area (Å²) in [6.45, 7) is 0. The van der Waals surface area contributed by atoms with E-state index in [2.05, 4.69) is 5.32 Å². The fourth-order valence-electron chi connectivity index (χ4n) is 1.66. The molecule has 6 N–H and O–H groups in total. The molecule has 0 unspecified atom stereocenters. The van der Waals surface area contributed by atoms with Crippen molar-refractivity contribution < 1.29 is 14.7 Å². The van der Waals surface area contributed by atoms with Crippen molar-refractivity contribution in [2.75, 3.05) is 11.1 Å². The number of phenols is 1. The molecule has 0 saturated heterocycles. The Balaban J connectivity index is 2.19. The van der Waals surface area contributed by atoms with Crippen LogP contribution < -0.4 is 16.8 Å². The molecule has 0 heterocycles. The first-order chi connectivity index (χ1) is 9.47. The standard InChI is InChI=1S/C14H13N3O3/c15-12-6-5-10(18)7-11(12)14(20)17-9-3-1-8(2-4-9)13(16)19/h1-7,18H,15H2,(H2,16,19)(H,17,20). The number of hydrogen-bond acceptors (Lipinski definition) is 4. The lowest BCUT2D eigenvalue weighted by atomic mass is 10.1. The number of rotatable bonds is 3. The number of aromatic hydroxyl groups is 1. The van der Waals surface area contributed by atoms with E-state index < -0.39 is 11.8 Å². The molecule has 102 valence electrons. The third kappa shape index (κ3) is 2.86. The highest BCUT2D eigenvalue weighted by atomic mass is 16.3. The molecular formula is C14H13N3O3. The number of phenolic OH excluding ortho intramolecular Hbond substituents is 1. The first kappa shape index (κ1) is 13.4. The molecule has 0 aromatic heterocycles. The van der Waals surface area contributed by atoms with Gasteiger partial charge in [0.1, 0.15) is 5.75 Å². The Bertz CT molecular complexity index is 666. The van der Waals surface area contributed by atoms with E-state index in [4.69, 9.17) is 11.5 Å². The van der Waals surface area contributed by atoms with E-state index in [1.54, 1.807) is 12.1 Å². The van der Waals surface area contributed by atoms with E-state index >= 15 is 0 Å². The Hall–Kier alpha value is -3.02. The number of carbonyl (C=O) groups excluding carboxylic acids is 2. The second-order valence-electron chi connectivity index (χ2n) is 4.17. The van der Waals surface area contributed by atoms with Gasteiger partial charge >= 0.3 is 0 Å². The van der Waals surface area contributed by atoms with Gasteiger partial charge in [-0.15, -0.1) is 0 Å². The molecule has 2 aromatic carbocycles. The summed E-state index contributed by atoms with van der Waals surface area (Å²) >= 11 is 0. The number of benzene rings is 2. The van der Waals surface area contributed by atoms with Gasteiger partial charge in [-0.25, -0.2) is 0 Å². The molecule has 2 rings (SSSR count). The van der Waals surface area contributed by atoms with Gasteiger partial charge in [-0.1, -0.05) is 0 Å². The smallest absolute Gasteiger partial charge is 0.257 e. The predicted octanol–water partition coefficient (Wildman–Crippen LogP) is 1.33. The minimum absolute atomic E-state index is 0.0478. The van der Waals surface area contributed by atoms with Gasteiger partial charge in [0.05, 0.1) is 5.56 Å². The van der Waals surface area contributed by atoms with Gasteiger partial charge < -0.3 is 21.9 Å². The lowest BCUT2D eigenvalue weighted by molar-refractivity contribution is 0.0998. The van der Waals surface area contributed by atoms with Gasteiger partial charge in [0.25, 0.3) is 5.91 Å². The highest BCUT2D eigenvalue weighted by Gasteiger charge is 2.11. The quantitative estimate of drug-likeness (QED) is 0.497. The van der Waals surface area contributed by atoms with Gasteiger partial charge in [-0.3, -0.25) is 9.59 Å². The van der Waals surface area contributed by atoms with Crippen LogP contribution in [0.3, 0.4) is 0 Å². The normalized spacial score (nSPS) is 10.0. The molecular weight excluding hydrogens is 258 g/mol. The van der Waals surface area contributed by atoms with Gasteiger partial charge in [-0.05, 0) is 42.5 Å². The largest absolute Gasteiger partial charge is 0.508 e. The van der Waals surface area contributed by atoms with E-state index in [1.165, 1.54) is 30.3 Å². The van der Waals surface area contributed by atoms with Crippen molar-refractivity contribution in [2.24, 2.45) is 5.73 Å². The molecule has 0 fully saturated rings. The maximum atomic E-state index is 12.0. The Morgan fingerprint density at radius 1 is 1.05 bits per heavy atom. The molecule has 0 bridgehead atoms. The minimum atomic E-state index is -0.542. The number of hydrogen-bond donors (Lipinski definition) is 4. The van der Waals surface area contributed by atoms with Crippen LogP contribution in [0.15, 0.2) is 42.5 Å². The van der Waals surface area contributed by atoms with Crippen molar-refractivity contribution in [1.29, 1.82) is 0 Å². The number of nitrogens with one attached hydrogen (secondary N) is 1. The number of primary amides is 1. The van der Waals surface area contributed by atoms with Crippen molar-refractivity contribution in [3.8, 4) is 5.75 Å². The maximum absolute atomic E-state index is 12.0. The molecule has 0 aliphatic heterocycles. The lowest BCUT2D eigenvalue weighted by Gasteiger charge is -2.08. The van der Waals surface area contributed by atoms with Crippen LogP contribution in [-0.2, 0) is 0 Å². The zero-order valence-electron chi connectivity index (χ0n) is 10.5. The SMILES string of the molecule is NC(=O)c1ccc(NC(=O)c2cc(O)ccc2N)cc1. The van der Waals surface area contributed by atoms with Gasteiger partial charge in [-0.2, -0.15) is 0 Å². The summed E-state index contributed by atoms with van der Waals surface area (Å²) < 4.78 is 0. The highest BCUT2D eigenvalue weighted by Crippen LogP contribution is 2.20. The summed E-state index contributed by atoms with van der Waals surface area (Å²) in [7, 11) is 0. The topological polar surface area (TPSA) is 118 Å². The molecule has 2 amide bonds. The van der Waals surface area contributed by atoms with Crippen molar-refractivity contribution in [3.63, 3.8) is 0 Å². The minimum Gasteiger partial charge on any atom is -0.508 e. The first-order valence-electron chi connectivity index (χ1n) is 5.77.